The molecule has 0 atom stereocenters. The van der Waals surface area contributed by atoms with Crippen molar-refractivity contribution in [3.05, 3.63) is 18.1 Å². The van der Waals surface area contributed by atoms with Gasteiger partial charge in [0.2, 0.25) is 0 Å². The van der Waals surface area contributed by atoms with Gasteiger partial charge < -0.3 is 5.32 Å². The van der Waals surface area contributed by atoms with Crippen LogP contribution in [0.2, 0.25) is 0 Å². The van der Waals surface area contributed by atoms with Crippen LogP contribution in [0.1, 0.15) is 25.0 Å². The highest BCUT2D eigenvalue weighted by atomic mass is 15.1. The van der Waals surface area contributed by atoms with Crippen LogP contribution in [0.3, 0.4) is 0 Å². The van der Waals surface area contributed by atoms with Crippen molar-refractivity contribution in [2.75, 3.05) is 25.5 Å². The second-order valence-electron chi connectivity index (χ2n) is 3.98. The first kappa shape index (κ1) is 10.4. The van der Waals surface area contributed by atoms with Gasteiger partial charge in [-0.2, -0.15) is 0 Å². The summed E-state index contributed by atoms with van der Waals surface area (Å²) in [7, 11) is 1.86. The summed E-state index contributed by atoms with van der Waals surface area (Å²) in [6.07, 6.45) is 7.67. The first-order valence-electron chi connectivity index (χ1n) is 5.59. The minimum absolute atomic E-state index is 0.831. The molecule has 1 N–H and O–H groups in total. The van der Waals surface area contributed by atoms with Gasteiger partial charge in [-0.05, 0) is 25.9 Å². The van der Waals surface area contributed by atoms with Gasteiger partial charge in [0.15, 0.2) is 0 Å². The van der Waals surface area contributed by atoms with Crippen LogP contribution in [0.4, 0.5) is 5.82 Å². The zero-order chi connectivity index (χ0) is 10.5. The zero-order valence-corrected chi connectivity index (χ0v) is 9.24. The van der Waals surface area contributed by atoms with E-state index < -0.39 is 0 Å². The second-order valence-corrected chi connectivity index (χ2v) is 3.98. The Morgan fingerprint density at radius 3 is 2.60 bits per heavy atom. The topological polar surface area (TPSA) is 41.1 Å². The largest absolute Gasteiger partial charge is 0.372 e. The number of nitrogens with zero attached hydrogens (tertiary/aromatic N) is 3. The van der Waals surface area contributed by atoms with Gasteiger partial charge in [0.1, 0.15) is 5.82 Å². The summed E-state index contributed by atoms with van der Waals surface area (Å²) >= 11 is 0. The van der Waals surface area contributed by atoms with E-state index in [-0.39, 0.29) is 0 Å². The lowest BCUT2D eigenvalue weighted by molar-refractivity contribution is 0.218. The van der Waals surface area contributed by atoms with E-state index in [0.717, 1.165) is 18.1 Å². The molecular formula is C11H18N4. The molecule has 82 valence electrons. The van der Waals surface area contributed by atoms with Crippen LogP contribution < -0.4 is 5.32 Å². The van der Waals surface area contributed by atoms with E-state index in [9.17, 15) is 0 Å². The normalized spacial score (nSPS) is 17.7. The number of hydrogen-bond donors (Lipinski definition) is 1. The fraction of sp³-hybridized carbons (Fsp3) is 0.636. The summed E-state index contributed by atoms with van der Waals surface area (Å²) in [5, 5.41) is 2.97. The fourth-order valence-corrected chi connectivity index (χ4v) is 1.91. The maximum absolute atomic E-state index is 4.38. The SMILES string of the molecule is CNc1cnc(CN2CCCCC2)cn1. The number of aromatic nitrogens is 2. The molecule has 0 aliphatic carbocycles. The average molecular weight is 206 g/mol. The van der Waals surface area contributed by atoms with E-state index in [0.29, 0.717) is 0 Å². The maximum Gasteiger partial charge on any atom is 0.144 e. The van der Waals surface area contributed by atoms with Crippen molar-refractivity contribution in [2.45, 2.75) is 25.8 Å². The Balaban J connectivity index is 1.91. The monoisotopic (exact) mass is 206 g/mol. The number of nitrogens with one attached hydrogen (secondary N) is 1. The molecule has 2 rings (SSSR count). The van der Waals surface area contributed by atoms with E-state index >= 15 is 0 Å². The second kappa shape index (κ2) is 5.07. The summed E-state index contributed by atoms with van der Waals surface area (Å²) in [6, 6.07) is 0. The van der Waals surface area contributed by atoms with E-state index in [2.05, 4.69) is 20.2 Å². The summed E-state index contributed by atoms with van der Waals surface area (Å²) in [5.74, 6) is 0.831. The Morgan fingerprint density at radius 1 is 1.20 bits per heavy atom. The summed E-state index contributed by atoms with van der Waals surface area (Å²) in [4.78, 5) is 11.1. The van der Waals surface area contributed by atoms with Crippen molar-refractivity contribution in [3.8, 4) is 0 Å². The van der Waals surface area contributed by atoms with Crippen LogP contribution in [0.25, 0.3) is 0 Å². The predicted molar refractivity (Wildman–Crippen MR) is 60.7 cm³/mol. The van der Waals surface area contributed by atoms with E-state index in [1.807, 2.05) is 13.2 Å². The standard InChI is InChI=1S/C11H18N4/c1-12-11-8-13-10(7-14-11)9-15-5-3-2-4-6-15/h7-8H,2-6,9H2,1H3,(H,12,14). The summed E-state index contributed by atoms with van der Waals surface area (Å²) < 4.78 is 0. The maximum atomic E-state index is 4.38. The Hall–Kier alpha value is -1.16. The van der Waals surface area contributed by atoms with Gasteiger partial charge in [-0.3, -0.25) is 9.88 Å². The predicted octanol–water partition coefficient (Wildman–Crippen LogP) is 1.50. The molecule has 4 nitrogen and oxygen atoms in total. The van der Waals surface area contributed by atoms with E-state index in [1.54, 1.807) is 6.20 Å². The van der Waals surface area contributed by atoms with Gasteiger partial charge in [-0.1, -0.05) is 6.42 Å². The number of likely N-dealkylation sites (tertiary alicyclic amines) is 1. The molecule has 0 radical (unpaired) electrons. The Bertz CT molecular complexity index is 290. The van der Waals surface area contributed by atoms with Crippen LogP contribution in [-0.2, 0) is 6.54 Å². The highest BCUT2D eigenvalue weighted by molar-refractivity contribution is 5.29. The molecule has 0 spiro atoms. The molecular weight excluding hydrogens is 188 g/mol. The molecule has 15 heavy (non-hydrogen) atoms. The van der Waals surface area contributed by atoms with Crippen molar-refractivity contribution in [1.29, 1.82) is 0 Å². The molecule has 1 fully saturated rings. The van der Waals surface area contributed by atoms with E-state index in [1.165, 1.54) is 32.4 Å². The molecule has 1 saturated heterocycles. The molecule has 1 aromatic rings. The van der Waals surface area contributed by atoms with Crippen molar-refractivity contribution >= 4 is 5.82 Å². The number of anilines is 1. The van der Waals surface area contributed by atoms with Crippen molar-refractivity contribution in [3.63, 3.8) is 0 Å². The Labute approximate surface area is 90.7 Å². The van der Waals surface area contributed by atoms with Gasteiger partial charge in [-0.25, -0.2) is 4.98 Å². The molecule has 1 aromatic heterocycles. The van der Waals surface area contributed by atoms with Crippen LogP contribution in [0, 0.1) is 0 Å². The Kier molecular flexibility index (Phi) is 3.50. The molecule has 1 aliphatic heterocycles. The van der Waals surface area contributed by atoms with Crippen molar-refractivity contribution < 1.29 is 0 Å². The molecule has 0 aromatic carbocycles. The quantitative estimate of drug-likeness (QED) is 0.813. The van der Waals surface area contributed by atoms with Gasteiger partial charge in [0.05, 0.1) is 18.1 Å². The third kappa shape index (κ3) is 2.89. The lowest BCUT2D eigenvalue weighted by Gasteiger charge is -2.25. The third-order valence-corrected chi connectivity index (χ3v) is 2.80. The molecule has 4 heteroatoms. The van der Waals surface area contributed by atoms with Crippen LogP contribution >= 0.6 is 0 Å². The third-order valence-electron chi connectivity index (χ3n) is 2.80. The summed E-state index contributed by atoms with van der Waals surface area (Å²) in [5.41, 5.74) is 1.07. The van der Waals surface area contributed by atoms with Gasteiger partial charge in [0, 0.05) is 13.6 Å². The molecule has 0 saturated carbocycles. The zero-order valence-electron chi connectivity index (χ0n) is 9.24. The smallest absolute Gasteiger partial charge is 0.144 e. The van der Waals surface area contributed by atoms with Gasteiger partial charge >= 0.3 is 0 Å². The minimum Gasteiger partial charge on any atom is -0.372 e. The lowest BCUT2D eigenvalue weighted by Crippen LogP contribution is -2.29. The molecule has 0 unspecified atom stereocenters. The first-order valence-corrected chi connectivity index (χ1v) is 5.59. The fourth-order valence-electron chi connectivity index (χ4n) is 1.91. The van der Waals surface area contributed by atoms with Crippen molar-refractivity contribution in [1.82, 2.24) is 14.9 Å². The van der Waals surface area contributed by atoms with E-state index in [4.69, 9.17) is 0 Å². The van der Waals surface area contributed by atoms with Crippen LogP contribution in [-0.4, -0.2) is 35.0 Å². The number of rotatable bonds is 3. The molecule has 1 aliphatic rings. The average Bonchev–Trinajstić information content (AvgIpc) is 2.31. The molecule has 0 bridgehead atoms. The van der Waals surface area contributed by atoms with Crippen molar-refractivity contribution in [2.24, 2.45) is 0 Å². The lowest BCUT2D eigenvalue weighted by atomic mass is 10.1. The molecule has 2 heterocycles. The number of piperidine rings is 1. The highest BCUT2D eigenvalue weighted by Crippen LogP contribution is 2.11. The number of hydrogen-bond acceptors (Lipinski definition) is 4. The molecule has 0 amide bonds. The first-order chi connectivity index (χ1) is 7.38. The van der Waals surface area contributed by atoms with Crippen LogP contribution in [0.5, 0.6) is 0 Å². The highest BCUT2D eigenvalue weighted by Gasteiger charge is 2.10. The van der Waals surface area contributed by atoms with Gasteiger partial charge in [0.25, 0.3) is 0 Å². The van der Waals surface area contributed by atoms with Gasteiger partial charge in [-0.15, -0.1) is 0 Å². The van der Waals surface area contributed by atoms with Crippen LogP contribution in [0.15, 0.2) is 12.4 Å². The Morgan fingerprint density at radius 2 is 2.00 bits per heavy atom. The summed E-state index contributed by atoms with van der Waals surface area (Å²) in [6.45, 7) is 3.35. The minimum atomic E-state index is 0.831.